The zero-order valence-corrected chi connectivity index (χ0v) is 11.3. The van der Waals surface area contributed by atoms with Gasteiger partial charge in [0, 0.05) is 13.1 Å². The SMILES string of the molecule is S=c1cc(-c2ccccc2)[nH]c(N2CCOCC2)n1. The van der Waals surface area contributed by atoms with Crippen LogP contribution in [0.4, 0.5) is 5.95 Å². The average Bonchev–Trinajstić information content (AvgIpc) is 2.48. The van der Waals surface area contributed by atoms with E-state index in [4.69, 9.17) is 17.0 Å². The predicted octanol–water partition coefficient (Wildman–Crippen LogP) is 2.64. The third-order valence-electron chi connectivity index (χ3n) is 3.13. The van der Waals surface area contributed by atoms with Crippen LogP contribution in [-0.4, -0.2) is 36.3 Å². The zero-order valence-electron chi connectivity index (χ0n) is 10.5. The second-order valence-electron chi connectivity index (χ2n) is 4.42. The number of aromatic nitrogens is 2. The van der Waals surface area contributed by atoms with Crippen molar-refractivity contribution in [1.82, 2.24) is 9.97 Å². The van der Waals surface area contributed by atoms with Crippen LogP contribution in [0.5, 0.6) is 0 Å². The molecule has 1 aromatic carbocycles. The lowest BCUT2D eigenvalue weighted by atomic mass is 10.1. The molecule has 4 nitrogen and oxygen atoms in total. The highest BCUT2D eigenvalue weighted by Crippen LogP contribution is 2.19. The van der Waals surface area contributed by atoms with Gasteiger partial charge in [0.15, 0.2) is 0 Å². The minimum atomic E-state index is 0.610. The van der Waals surface area contributed by atoms with Crippen molar-refractivity contribution in [3.63, 3.8) is 0 Å². The maximum Gasteiger partial charge on any atom is 0.204 e. The number of hydrogen-bond donors (Lipinski definition) is 1. The molecule has 1 saturated heterocycles. The van der Waals surface area contributed by atoms with Crippen LogP contribution < -0.4 is 4.90 Å². The highest BCUT2D eigenvalue weighted by atomic mass is 32.1. The van der Waals surface area contributed by atoms with Gasteiger partial charge in [-0.2, -0.15) is 0 Å². The first kappa shape index (κ1) is 12.3. The third kappa shape index (κ3) is 2.83. The molecule has 0 unspecified atom stereocenters. The normalized spacial score (nSPS) is 15.5. The van der Waals surface area contributed by atoms with Gasteiger partial charge in [0.05, 0.1) is 18.9 Å². The fourth-order valence-corrected chi connectivity index (χ4v) is 2.35. The number of nitrogens with zero attached hydrogens (tertiary/aromatic N) is 2. The minimum absolute atomic E-state index is 0.610. The summed E-state index contributed by atoms with van der Waals surface area (Å²) in [5.41, 5.74) is 2.12. The maximum absolute atomic E-state index is 5.36. The van der Waals surface area contributed by atoms with Crippen molar-refractivity contribution in [3.8, 4) is 11.3 Å². The molecule has 98 valence electrons. The van der Waals surface area contributed by atoms with Gasteiger partial charge in [0.2, 0.25) is 5.95 Å². The van der Waals surface area contributed by atoms with Crippen LogP contribution in [0.3, 0.4) is 0 Å². The summed E-state index contributed by atoms with van der Waals surface area (Å²) in [6.07, 6.45) is 0. The second-order valence-corrected chi connectivity index (χ2v) is 4.84. The van der Waals surface area contributed by atoms with Gasteiger partial charge in [0.25, 0.3) is 0 Å². The fourth-order valence-electron chi connectivity index (χ4n) is 2.14. The van der Waals surface area contributed by atoms with E-state index in [1.165, 1.54) is 0 Å². The van der Waals surface area contributed by atoms with Gasteiger partial charge in [-0.1, -0.05) is 42.5 Å². The molecule has 1 fully saturated rings. The molecule has 3 rings (SSSR count). The first-order valence-electron chi connectivity index (χ1n) is 6.32. The monoisotopic (exact) mass is 273 g/mol. The Kier molecular flexibility index (Phi) is 3.57. The van der Waals surface area contributed by atoms with E-state index < -0.39 is 0 Å². The fraction of sp³-hybridized carbons (Fsp3) is 0.286. The van der Waals surface area contributed by atoms with Crippen LogP contribution in [-0.2, 0) is 4.74 Å². The van der Waals surface area contributed by atoms with Gasteiger partial charge in [-0.15, -0.1) is 0 Å². The van der Waals surface area contributed by atoms with E-state index in [2.05, 4.69) is 27.0 Å². The van der Waals surface area contributed by atoms with E-state index in [1.54, 1.807) is 0 Å². The Morgan fingerprint density at radius 2 is 1.89 bits per heavy atom. The first-order valence-corrected chi connectivity index (χ1v) is 6.73. The van der Waals surface area contributed by atoms with Crippen LogP contribution in [0.25, 0.3) is 11.3 Å². The van der Waals surface area contributed by atoms with Crippen molar-refractivity contribution >= 4 is 18.2 Å². The van der Waals surface area contributed by atoms with E-state index in [0.29, 0.717) is 4.64 Å². The van der Waals surface area contributed by atoms with Crippen LogP contribution in [0.2, 0.25) is 0 Å². The molecule has 2 heterocycles. The summed E-state index contributed by atoms with van der Waals surface area (Å²) < 4.78 is 5.97. The Labute approximate surface area is 117 Å². The summed E-state index contributed by atoms with van der Waals surface area (Å²) in [4.78, 5) is 9.95. The molecule has 0 atom stereocenters. The number of benzene rings is 1. The average molecular weight is 273 g/mol. The van der Waals surface area contributed by atoms with Crippen LogP contribution >= 0.6 is 12.2 Å². The number of anilines is 1. The van der Waals surface area contributed by atoms with E-state index in [0.717, 1.165) is 43.5 Å². The van der Waals surface area contributed by atoms with Crippen molar-refractivity contribution in [2.24, 2.45) is 0 Å². The molecule has 0 radical (unpaired) electrons. The summed E-state index contributed by atoms with van der Waals surface area (Å²) in [5, 5.41) is 0. The Morgan fingerprint density at radius 3 is 2.63 bits per heavy atom. The van der Waals surface area contributed by atoms with Crippen molar-refractivity contribution in [3.05, 3.63) is 41.0 Å². The first-order chi connectivity index (χ1) is 9.33. The van der Waals surface area contributed by atoms with E-state index in [1.807, 2.05) is 24.3 Å². The Hall–Kier alpha value is -1.72. The Morgan fingerprint density at radius 1 is 1.16 bits per heavy atom. The summed E-state index contributed by atoms with van der Waals surface area (Å²) in [6, 6.07) is 12.0. The van der Waals surface area contributed by atoms with Crippen LogP contribution in [0.1, 0.15) is 0 Å². The maximum atomic E-state index is 5.36. The van der Waals surface area contributed by atoms with Gasteiger partial charge >= 0.3 is 0 Å². The number of aromatic amines is 1. The van der Waals surface area contributed by atoms with Gasteiger partial charge < -0.3 is 14.6 Å². The molecule has 5 heteroatoms. The van der Waals surface area contributed by atoms with E-state index in [-0.39, 0.29) is 0 Å². The molecule has 0 saturated carbocycles. The number of H-pyrrole nitrogens is 1. The van der Waals surface area contributed by atoms with Crippen molar-refractivity contribution in [2.45, 2.75) is 0 Å². The predicted molar refractivity (Wildman–Crippen MR) is 77.9 cm³/mol. The summed E-state index contributed by atoms with van der Waals surface area (Å²) in [7, 11) is 0. The lowest BCUT2D eigenvalue weighted by Crippen LogP contribution is -2.37. The molecule has 1 aliphatic heterocycles. The van der Waals surface area contributed by atoms with Gasteiger partial charge in [-0.3, -0.25) is 0 Å². The highest BCUT2D eigenvalue weighted by molar-refractivity contribution is 7.71. The van der Waals surface area contributed by atoms with Gasteiger partial charge in [-0.05, 0) is 11.6 Å². The van der Waals surface area contributed by atoms with Crippen molar-refractivity contribution in [1.29, 1.82) is 0 Å². The number of hydrogen-bond acceptors (Lipinski definition) is 4. The lowest BCUT2D eigenvalue weighted by Gasteiger charge is -2.27. The molecule has 1 N–H and O–H groups in total. The van der Waals surface area contributed by atoms with Crippen molar-refractivity contribution in [2.75, 3.05) is 31.2 Å². The molecule has 0 aliphatic carbocycles. The molecule has 1 aliphatic rings. The smallest absolute Gasteiger partial charge is 0.204 e. The van der Waals surface area contributed by atoms with E-state index in [9.17, 15) is 0 Å². The Bertz CT molecular complexity index is 606. The lowest BCUT2D eigenvalue weighted by molar-refractivity contribution is 0.122. The Balaban J connectivity index is 1.98. The van der Waals surface area contributed by atoms with Crippen LogP contribution in [0.15, 0.2) is 36.4 Å². The van der Waals surface area contributed by atoms with Gasteiger partial charge in [-0.25, -0.2) is 4.98 Å². The standard InChI is InChI=1S/C14H15N3OS/c19-13-10-12(11-4-2-1-3-5-11)15-14(16-13)17-6-8-18-9-7-17/h1-5,10H,6-9H2,(H,15,16,19). The topological polar surface area (TPSA) is 41.2 Å². The molecule has 1 aromatic heterocycles. The molecule has 19 heavy (non-hydrogen) atoms. The molecule has 0 spiro atoms. The zero-order chi connectivity index (χ0) is 13.1. The number of rotatable bonds is 2. The number of nitrogens with one attached hydrogen (secondary N) is 1. The van der Waals surface area contributed by atoms with Crippen LogP contribution in [0, 0.1) is 4.64 Å². The number of morpholine rings is 1. The molecular weight excluding hydrogens is 258 g/mol. The minimum Gasteiger partial charge on any atom is -0.378 e. The molecular formula is C14H15N3OS. The third-order valence-corrected chi connectivity index (χ3v) is 3.33. The summed E-state index contributed by atoms with van der Waals surface area (Å²) >= 11 is 5.27. The highest BCUT2D eigenvalue weighted by Gasteiger charge is 2.13. The van der Waals surface area contributed by atoms with Crippen molar-refractivity contribution < 1.29 is 4.74 Å². The van der Waals surface area contributed by atoms with Gasteiger partial charge in [0.1, 0.15) is 4.64 Å². The number of ether oxygens (including phenoxy) is 1. The van der Waals surface area contributed by atoms with E-state index >= 15 is 0 Å². The largest absolute Gasteiger partial charge is 0.378 e. The summed E-state index contributed by atoms with van der Waals surface area (Å²) in [6.45, 7) is 3.16. The molecule has 0 amide bonds. The second kappa shape index (κ2) is 5.50. The quantitative estimate of drug-likeness (QED) is 0.854. The molecule has 0 bridgehead atoms. The molecule has 2 aromatic rings. The summed E-state index contributed by atoms with van der Waals surface area (Å²) in [5.74, 6) is 0.828.